The van der Waals surface area contributed by atoms with Crippen molar-refractivity contribution in [3.05, 3.63) is 55.7 Å². The summed E-state index contributed by atoms with van der Waals surface area (Å²) >= 11 is 5.95. The summed E-state index contributed by atoms with van der Waals surface area (Å²) < 4.78 is 3.27. The fourth-order valence-electron chi connectivity index (χ4n) is 3.87. The van der Waals surface area contributed by atoms with Gasteiger partial charge in [-0.15, -0.1) is 0 Å². The van der Waals surface area contributed by atoms with E-state index in [0.29, 0.717) is 22.1 Å². The number of nitrogens with one attached hydrogen (secondary N) is 2. The van der Waals surface area contributed by atoms with Gasteiger partial charge in [-0.05, 0) is 37.5 Å². The van der Waals surface area contributed by atoms with E-state index in [1.807, 2.05) is 35.8 Å². The molecule has 152 valence electrons. The molecule has 29 heavy (non-hydrogen) atoms. The molecule has 1 aliphatic rings. The number of hydrogen-bond donors (Lipinski definition) is 2. The third-order valence-electron chi connectivity index (χ3n) is 5.48. The van der Waals surface area contributed by atoms with Gasteiger partial charge in [-0.2, -0.15) is 10.1 Å². The normalized spacial score (nSPS) is 15.8. The van der Waals surface area contributed by atoms with E-state index < -0.39 is 11.2 Å². The maximum atomic E-state index is 12.6. The number of halogens is 1. The van der Waals surface area contributed by atoms with Gasteiger partial charge in [-0.1, -0.05) is 43.0 Å². The predicted molar refractivity (Wildman–Crippen MR) is 115 cm³/mol. The Kier molecular flexibility index (Phi) is 5.27. The molecule has 0 spiro atoms. The largest absolute Gasteiger partial charge is 0.329 e. The van der Waals surface area contributed by atoms with Gasteiger partial charge < -0.3 is 0 Å². The molecule has 0 amide bonds. The van der Waals surface area contributed by atoms with Crippen molar-refractivity contribution in [3.63, 3.8) is 0 Å². The Balaban J connectivity index is 1.80. The molecule has 0 atom stereocenters. The second kappa shape index (κ2) is 7.87. The minimum absolute atomic E-state index is 0.140. The molecule has 2 heterocycles. The van der Waals surface area contributed by atoms with Crippen LogP contribution in [0.5, 0.6) is 0 Å². The zero-order valence-corrected chi connectivity index (χ0v) is 17.2. The lowest BCUT2D eigenvalue weighted by molar-refractivity contribution is 0.362. The Labute approximate surface area is 172 Å². The molecule has 3 aromatic rings. The molecule has 8 nitrogen and oxygen atoms in total. The number of benzene rings is 1. The second-order valence-electron chi connectivity index (χ2n) is 7.40. The van der Waals surface area contributed by atoms with Crippen molar-refractivity contribution in [1.29, 1.82) is 0 Å². The Hall–Kier alpha value is -2.87. The van der Waals surface area contributed by atoms with Crippen LogP contribution in [0.2, 0.25) is 5.02 Å². The number of aromatic nitrogens is 4. The number of imidazole rings is 1. The molecule has 0 aliphatic heterocycles. The quantitative estimate of drug-likeness (QED) is 0.505. The molecular formula is C20H23ClN6O2. The van der Waals surface area contributed by atoms with Gasteiger partial charge in [-0.25, -0.2) is 10.2 Å². The SMILES string of the molecule is C/C(=N\Nc1nc2c(c(=O)[nH]c(=O)n2C)n1C1CCCCC1)c1ccc(Cl)cc1. The highest BCUT2D eigenvalue weighted by Gasteiger charge is 2.24. The van der Waals surface area contributed by atoms with Crippen LogP contribution in [0.15, 0.2) is 39.0 Å². The van der Waals surface area contributed by atoms with E-state index in [0.717, 1.165) is 37.0 Å². The molecule has 1 aromatic carbocycles. The van der Waals surface area contributed by atoms with E-state index in [1.165, 1.54) is 11.0 Å². The van der Waals surface area contributed by atoms with Crippen molar-refractivity contribution in [3.8, 4) is 0 Å². The average Bonchev–Trinajstić information content (AvgIpc) is 3.12. The first kappa shape index (κ1) is 19.4. The molecule has 1 aliphatic carbocycles. The van der Waals surface area contributed by atoms with Crippen LogP contribution in [-0.4, -0.2) is 24.8 Å². The summed E-state index contributed by atoms with van der Waals surface area (Å²) in [6.45, 7) is 1.88. The fraction of sp³-hybridized carbons (Fsp3) is 0.400. The molecule has 0 unspecified atom stereocenters. The third-order valence-corrected chi connectivity index (χ3v) is 5.73. The number of fused-ring (bicyclic) bond motifs is 1. The van der Waals surface area contributed by atoms with Crippen LogP contribution in [0.3, 0.4) is 0 Å². The number of hydrazone groups is 1. The number of hydrogen-bond acceptors (Lipinski definition) is 5. The van der Waals surface area contributed by atoms with Gasteiger partial charge in [0.2, 0.25) is 5.95 Å². The molecule has 1 fully saturated rings. The summed E-state index contributed by atoms with van der Waals surface area (Å²) in [5.74, 6) is 0.465. The van der Waals surface area contributed by atoms with E-state index in [1.54, 1.807) is 7.05 Å². The standard InChI is InChI=1S/C20H23ClN6O2/c1-12(13-8-10-14(21)11-9-13)24-25-19-22-17-16(18(28)23-20(29)26(17)2)27(19)15-6-4-3-5-7-15/h8-11,15H,3-7H2,1-2H3,(H,22,25)(H,23,28,29)/b24-12+. The van der Waals surface area contributed by atoms with Crippen molar-refractivity contribution >= 4 is 34.4 Å². The number of H-pyrrole nitrogens is 1. The molecular weight excluding hydrogens is 392 g/mol. The van der Waals surface area contributed by atoms with Gasteiger partial charge in [-0.3, -0.25) is 18.9 Å². The highest BCUT2D eigenvalue weighted by atomic mass is 35.5. The van der Waals surface area contributed by atoms with Gasteiger partial charge in [0.15, 0.2) is 11.2 Å². The van der Waals surface area contributed by atoms with Gasteiger partial charge in [0, 0.05) is 18.1 Å². The van der Waals surface area contributed by atoms with Crippen LogP contribution in [0, 0.1) is 0 Å². The Morgan fingerprint density at radius 1 is 1.21 bits per heavy atom. The zero-order valence-electron chi connectivity index (χ0n) is 16.4. The van der Waals surface area contributed by atoms with Crippen LogP contribution in [0.1, 0.15) is 50.6 Å². The van der Waals surface area contributed by atoms with Gasteiger partial charge >= 0.3 is 5.69 Å². The minimum Gasteiger partial charge on any atom is -0.300 e. The van der Waals surface area contributed by atoms with Crippen molar-refractivity contribution in [2.45, 2.75) is 45.1 Å². The van der Waals surface area contributed by atoms with E-state index in [9.17, 15) is 9.59 Å². The summed E-state index contributed by atoms with van der Waals surface area (Å²) in [7, 11) is 1.60. The number of aryl methyl sites for hydroxylation is 1. The van der Waals surface area contributed by atoms with E-state index >= 15 is 0 Å². The van der Waals surface area contributed by atoms with E-state index in [4.69, 9.17) is 11.6 Å². The molecule has 0 saturated heterocycles. The topological polar surface area (TPSA) is 97.1 Å². The first-order valence-electron chi connectivity index (χ1n) is 9.73. The van der Waals surface area contributed by atoms with E-state index in [2.05, 4.69) is 20.5 Å². The number of rotatable bonds is 4. The fourth-order valence-corrected chi connectivity index (χ4v) is 3.99. The monoisotopic (exact) mass is 414 g/mol. The summed E-state index contributed by atoms with van der Waals surface area (Å²) in [6.07, 6.45) is 5.31. The first-order chi connectivity index (χ1) is 14.0. The van der Waals surface area contributed by atoms with Crippen LogP contribution in [0.4, 0.5) is 5.95 Å². The van der Waals surface area contributed by atoms with E-state index in [-0.39, 0.29) is 6.04 Å². The van der Waals surface area contributed by atoms with Crippen LogP contribution < -0.4 is 16.7 Å². The molecule has 4 rings (SSSR count). The van der Waals surface area contributed by atoms with Crippen LogP contribution in [0.25, 0.3) is 11.2 Å². The summed E-state index contributed by atoms with van der Waals surface area (Å²) in [4.78, 5) is 31.6. The number of nitrogens with zero attached hydrogens (tertiary/aromatic N) is 4. The maximum Gasteiger partial charge on any atom is 0.329 e. The third kappa shape index (κ3) is 3.72. The van der Waals surface area contributed by atoms with Crippen LogP contribution >= 0.6 is 11.6 Å². The molecule has 2 N–H and O–H groups in total. The lowest BCUT2D eigenvalue weighted by Crippen LogP contribution is -2.30. The average molecular weight is 415 g/mol. The highest BCUT2D eigenvalue weighted by Crippen LogP contribution is 2.33. The van der Waals surface area contributed by atoms with Crippen LogP contribution in [-0.2, 0) is 7.05 Å². The predicted octanol–water partition coefficient (Wildman–Crippen LogP) is 3.42. The van der Waals surface area contributed by atoms with Crippen molar-refractivity contribution in [1.82, 2.24) is 19.1 Å². The lowest BCUT2D eigenvalue weighted by Gasteiger charge is -2.24. The summed E-state index contributed by atoms with van der Waals surface area (Å²) in [6, 6.07) is 7.54. The second-order valence-corrected chi connectivity index (χ2v) is 7.84. The number of aromatic amines is 1. The zero-order chi connectivity index (χ0) is 20.5. The molecule has 0 radical (unpaired) electrons. The molecule has 2 aromatic heterocycles. The Morgan fingerprint density at radius 2 is 1.90 bits per heavy atom. The molecule has 9 heteroatoms. The molecule has 0 bridgehead atoms. The number of anilines is 1. The summed E-state index contributed by atoms with van der Waals surface area (Å²) in [5.41, 5.74) is 4.56. The maximum absolute atomic E-state index is 12.6. The van der Waals surface area contributed by atoms with Gasteiger partial charge in [0.05, 0.1) is 5.71 Å². The van der Waals surface area contributed by atoms with Crippen molar-refractivity contribution in [2.75, 3.05) is 5.43 Å². The Bertz CT molecular complexity index is 1180. The smallest absolute Gasteiger partial charge is 0.300 e. The molecule has 1 saturated carbocycles. The minimum atomic E-state index is -0.483. The highest BCUT2D eigenvalue weighted by molar-refractivity contribution is 6.30. The van der Waals surface area contributed by atoms with Crippen molar-refractivity contribution < 1.29 is 0 Å². The van der Waals surface area contributed by atoms with Gasteiger partial charge in [0.25, 0.3) is 5.56 Å². The lowest BCUT2D eigenvalue weighted by atomic mass is 9.95. The first-order valence-corrected chi connectivity index (χ1v) is 10.1. The Morgan fingerprint density at radius 3 is 2.59 bits per heavy atom. The van der Waals surface area contributed by atoms with Crippen molar-refractivity contribution in [2.24, 2.45) is 12.1 Å². The van der Waals surface area contributed by atoms with Gasteiger partial charge in [0.1, 0.15) is 0 Å². The summed E-state index contributed by atoms with van der Waals surface area (Å²) in [5, 5.41) is 5.13.